The minimum Gasteiger partial charge on any atom is -0.478 e. The van der Waals surface area contributed by atoms with E-state index in [-0.39, 0.29) is 21.6 Å². The Balaban J connectivity index is 2.86. The maximum atomic E-state index is 12.8. The average molecular weight is 334 g/mol. The van der Waals surface area contributed by atoms with Crippen LogP contribution >= 0.6 is 15.9 Å². The second-order valence-corrected chi connectivity index (χ2v) is 5.05. The molecular weight excluding hydrogens is 324 g/mol. The van der Waals surface area contributed by atoms with Gasteiger partial charge in [0, 0.05) is 6.20 Å². The molecule has 102 valence electrons. The number of fused-ring (bicyclic) bond motifs is 1. The van der Waals surface area contributed by atoms with Gasteiger partial charge in [-0.25, -0.2) is 23.1 Å². The minimum absolute atomic E-state index is 0.0432. The first-order valence-corrected chi connectivity index (χ1v) is 6.22. The molecule has 0 saturated carbocycles. The standard InChI is InChI=1S/C11H10BrF2N3O2/c1-4(2)8-5(11(18)19)3-15-10-6(12)7(9(13)14)16-17(8)10/h3-4,9H,1-2H3,(H,18,19). The van der Waals surface area contributed by atoms with Crippen LogP contribution in [0.4, 0.5) is 8.78 Å². The molecule has 1 N–H and O–H groups in total. The van der Waals surface area contributed by atoms with Crippen molar-refractivity contribution in [2.45, 2.75) is 26.2 Å². The first-order valence-electron chi connectivity index (χ1n) is 5.43. The van der Waals surface area contributed by atoms with Gasteiger partial charge in [-0.15, -0.1) is 0 Å². The van der Waals surface area contributed by atoms with Crippen LogP contribution in [0.15, 0.2) is 10.7 Å². The Kier molecular flexibility index (Phi) is 3.53. The molecule has 0 saturated heterocycles. The molecule has 0 amide bonds. The largest absolute Gasteiger partial charge is 0.478 e. The molecule has 2 rings (SSSR count). The molecule has 0 atom stereocenters. The molecule has 0 spiro atoms. The second-order valence-electron chi connectivity index (χ2n) is 4.25. The maximum absolute atomic E-state index is 12.8. The van der Waals surface area contributed by atoms with Crippen LogP contribution in [-0.4, -0.2) is 25.7 Å². The molecule has 0 aliphatic rings. The number of carboxylic acids is 1. The van der Waals surface area contributed by atoms with Gasteiger partial charge in [0.1, 0.15) is 5.69 Å². The quantitative estimate of drug-likeness (QED) is 0.936. The third-order valence-corrected chi connectivity index (χ3v) is 3.39. The van der Waals surface area contributed by atoms with E-state index in [9.17, 15) is 13.6 Å². The lowest BCUT2D eigenvalue weighted by atomic mass is 10.1. The number of alkyl halides is 2. The molecule has 0 aliphatic carbocycles. The Labute approximate surface area is 115 Å². The van der Waals surface area contributed by atoms with Crippen molar-refractivity contribution in [2.24, 2.45) is 0 Å². The summed E-state index contributed by atoms with van der Waals surface area (Å²) in [6, 6.07) is 0. The zero-order valence-corrected chi connectivity index (χ0v) is 11.6. The molecule has 0 bridgehead atoms. The van der Waals surface area contributed by atoms with E-state index < -0.39 is 18.1 Å². The van der Waals surface area contributed by atoms with Crippen LogP contribution in [0.5, 0.6) is 0 Å². The van der Waals surface area contributed by atoms with E-state index in [0.29, 0.717) is 5.69 Å². The van der Waals surface area contributed by atoms with Crippen LogP contribution < -0.4 is 0 Å². The second kappa shape index (κ2) is 4.84. The van der Waals surface area contributed by atoms with Crippen LogP contribution in [0.1, 0.15) is 47.9 Å². The van der Waals surface area contributed by atoms with E-state index >= 15 is 0 Å². The molecule has 2 aromatic heterocycles. The predicted octanol–water partition coefficient (Wildman–Crippen LogP) is 3.25. The van der Waals surface area contributed by atoms with Gasteiger partial charge in [0.05, 0.1) is 15.7 Å². The molecule has 5 nitrogen and oxygen atoms in total. The SMILES string of the molecule is CC(C)c1c(C(=O)O)cnc2c(Br)c(C(F)F)nn12. The van der Waals surface area contributed by atoms with Gasteiger partial charge in [0.2, 0.25) is 0 Å². The number of rotatable bonds is 3. The topological polar surface area (TPSA) is 67.5 Å². The molecule has 0 fully saturated rings. The maximum Gasteiger partial charge on any atom is 0.339 e. The van der Waals surface area contributed by atoms with Gasteiger partial charge in [0.15, 0.2) is 5.65 Å². The van der Waals surface area contributed by atoms with Crippen molar-refractivity contribution in [3.63, 3.8) is 0 Å². The van der Waals surface area contributed by atoms with Crippen LogP contribution in [-0.2, 0) is 0 Å². The normalized spacial score (nSPS) is 11.7. The first kappa shape index (κ1) is 13.9. The van der Waals surface area contributed by atoms with Crippen LogP contribution in [0.25, 0.3) is 5.65 Å². The fraction of sp³-hybridized carbons (Fsp3) is 0.364. The van der Waals surface area contributed by atoms with Gasteiger partial charge in [-0.1, -0.05) is 13.8 Å². The molecule has 2 aromatic rings. The minimum atomic E-state index is -2.76. The summed E-state index contributed by atoms with van der Waals surface area (Å²) in [5.41, 5.74) is 0.0318. The number of halogens is 3. The molecule has 0 aromatic carbocycles. The van der Waals surface area contributed by atoms with Crippen molar-refractivity contribution in [1.29, 1.82) is 0 Å². The summed E-state index contributed by atoms with van der Waals surface area (Å²) < 4.78 is 26.9. The number of aromatic carboxylic acids is 1. The van der Waals surface area contributed by atoms with Gasteiger partial charge in [-0.3, -0.25) is 0 Å². The third kappa shape index (κ3) is 2.20. The number of aromatic nitrogens is 3. The van der Waals surface area contributed by atoms with Crippen LogP contribution in [0.2, 0.25) is 0 Å². The lowest BCUT2D eigenvalue weighted by Crippen LogP contribution is -2.12. The Morgan fingerprint density at radius 3 is 2.58 bits per heavy atom. The molecule has 8 heteroatoms. The van der Waals surface area contributed by atoms with Crippen molar-refractivity contribution in [1.82, 2.24) is 14.6 Å². The van der Waals surface area contributed by atoms with Crippen LogP contribution in [0.3, 0.4) is 0 Å². The van der Waals surface area contributed by atoms with Crippen molar-refractivity contribution < 1.29 is 18.7 Å². The fourth-order valence-corrected chi connectivity index (χ4v) is 2.37. The number of carbonyl (C=O) groups is 1. The smallest absolute Gasteiger partial charge is 0.339 e. The predicted molar refractivity (Wildman–Crippen MR) is 66.7 cm³/mol. The van der Waals surface area contributed by atoms with Gasteiger partial charge in [0.25, 0.3) is 6.43 Å². The lowest BCUT2D eigenvalue weighted by Gasteiger charge is -2.11. The highest BCUT2D eigenvalue weighted by Gasteiger charge is 2.25. The Morgan fingerprint density at radius 2 is 2.11 bits per heavy atom. The van der Waals surface area contributed by atoms with Crippen LogP contribution in [0, 0.1) is 0 Å². The summed E-state index contributed by atoms with van der Waals surface area (Å²) in [6.45, 7) is 3.53. The molecule has 0 unspecified atom stereocenters. The molecule has 2 heterocycles. The van der Waals surface area contributed by atoms with Gasteiger partial charge in [-0.2, -0.15) is 5.10 Å². The molecule has 0 aliphatic heterocycles. The Hall–Kier alpha value is -1.57. The fourth-order valence-electron chi connectivity index (χ4n) is 1.85. The van der Waals surface area contributed by atoms with Gasteiger partial charge in [-0.05, 0) is 21.8 Å². The summed E-state index contributed by atoms with van der Waals surface area (Å²) in [6.07, 6.45) is -1.60. The number of hydrogen-bond acceptors (Lipinski definition) is 3. The van der Waals surface area contributed by atoms with Crippen molar-refractivity contribution in [2.75, 3.05) is 0 Å². The van der Waals surface area contributed by atoms with E-state index in [1.165, 1.54) is 4.52 Å². The lowest BCUT2D eigenvalue weighted by molar-refractivity contribution is 0.0693. The monoisotopic (exact) mass is 333 g/mol. The summed E-state index contributed by atoms with van der Waals surface area (Å²) in [5, 5.41) is 12.9. The summed E-state index contributed by atoms with van der Waals surface area (Å²) in [4.78, 5) is 15.0. The Bertz CT molecular complexity index is 655. The van der Waals surface area contributed by atoms with Crippen molar-refractivity contribution in [3.05, 3.63) is 27.6 Å². The van der Waals surface area contributed by atoms with Crippen molar-refractivity contribution in [3.8, 4) is 0 Å². The van der Waals surface area contributed by atoms with E-state index in [2.05, 4.69) is 26.0 Å². The van der Waals surface area contributed by atoms with E-state index in [1.54, 1.807) is 13.8 Å². The molecular formula is C11H10BrF2N3O2. The summed E-state index contributed by atoms with van der Waals surface area (Å²) in [7, 11) is 0. The highest BCUT2D eigenvalue weighted by Crippen LogP contribution is 2.31. The molecule has 19 heavy (non-hydrogen) atoms. The van der Waals surface area contributed by atoms with Gasteiger partial charge < -0.3 is 5.11 Å². The summed E-state index contributed by atoms with van der Waals surface area (Å²) >= 11 is 3.02. The third-order valence-electron chi connectivity index (χ3n) is 2.63. The van der Waals surface area contributed by atoms with Gasteiger partial charge >= 0.3 is 5.97 Å². The Morgan fingerprint density at radius 1 is 1.47 bits per heavy atom. The number of carboxylic acid groups (broad SMARTS) is 1. The van der Waals surface area contributed by atoms with E-state index in [4.69, 9.17) is 5.11 Å². The molecule has 0 radical (unpaired) electrons. The highest BCUT2D eigenvalue weighted by molar-refractivity contribution is 9.10. The first-order chi connectivity index (χ1) is 8.84. The summed E-state index contributed by atoms with van der Waals surface area (Å²) in [5.74, 6) is -1.36. The number of hydrogen-bond donors (Lipinski definition) is 1. The average Bonchev–Trinajstić information content (AvgIpc) is 2.65. The van der Waals surface area contributed by atoms with E-state index in [1.807, 2.05) is 0 Å². The highest BCUT2D eigenvalue weighted by atomic mass is 79.9. The van der Waals surface area contributed by atoms with Crippen molar-refractivity contribution >= 4 is 27.5 Å². The zero-order valence-electron chi connectivity index (χ0n) is 10.1. The van der Waals surface area contributed by atoms with E-state index in [0.717, 1.165) is 6.20 Å². The zero-order chi connectivity index (χ0) is 14.3. The number of nitrogens with zero attached hydrogens (tertiary/aromatic N) is 3.